The molecule has 1 aromatic heterocycles. The predicted octanol–water partition coefficient (Wildman–Crippen LogP) is 6.19. The van der Waals surface area contributed by atoms with E-state index in [9.17, 15) is 4.79 Å². The molecule has 4 heteroatoms. The molecule has 3 nitrogen and oxygen atoms in total. The lowest BCUT2D eigenvalue weighted by molar-refractivity contribution is 0.101. The lowest BCUT2D eigenvalue weighted by Gasteiger charge is -2.05. The third kappa shape index (κ3) is 3.69. The number of halogens is 1. The zero-order valence-corrected chi connectivity index (χ0v) is 15.4. The van der Waals surface area contributed by atoms with Gasteiger partial charge >= 0.3 is 0 Å². The molecule has 0 spiro atoms. The normalized spacial score (nSPS) is 11.7. The molecular weight excluding hydrogens is 358 g/mol. The van der Waals surface area contributed by atoms with Gasteiger partial charge in [-0.05, 0) is 55.5 Å². The van der Waals surface area contributed by atoms with E-state index in [1.807, 2.05) is 66.7 Å². The summed E-state index contributed by atoms with van der Waals surface area (Å²) in [6, 6.07) is 24.5. The zero-order valence-electron chi connectivity index (χ0n) is 14.6. The van der Waals surface area contributed by atoms with Crippen molar-refractivity contribution in [3.8, 4) is 11.3 Å². The number of carbonyl (C=O) groups is 1. The van der Waals surface area contributed by atoms with Gasteiger partial charge in [0.25, 0.3) is 0 Å². The van der Waals surface area contributed by atoms with Crippen molar-refractivity contribution < 1.29 is 9.21 Å². The molecule has 0 atom stereocenters. The Morgan fingerprint density at radius 2 is 1.70 bits per heavy atom. The molecule has 0 unspecified atom stereocenters. The summed E-state index contributed by atoms with van der Waals surface area (Å²) in [5, 5.41) is 2.36. The zero-order chi connectivity index (χ0) is 18.8. The van der Waals surface area contributed by atoms with Crippen LogP contribution in [0.25, 0.3) is 22.3 Å². The van der Waals surface area contributed by atoms with Gasteiger partial charge in [0.1, 0.15) is 11.3 Å². The van der Waals surface area contributed by atoms with Crippen molar-refractivity contribution in [1.29, 1.82) is 0 Å². The van der Waals surface area contributed by atoms with Crippen LogP contribution in [0.3, 0.4) is 0 Å². The van der Waals surface area contributed by atoms with Gasteiger partial charge in [-0.1, -0.05) is 35.9 Å². The summed E-state index contributed by atoms with van der Waals surface area (Å²) >= 11 is 6.00. The van der Waals surface area contributed by atoms with Crippen molar-refractivity contribution >= 4 is 34.0 Å². The number of hydrogen-bond donors (Lipinski definition) is 0. The molecule has 4 rings (SSSR count). The van der Waals surface area contributed by atoms with Crippen molar-refractivity contribution in [3.05, 3.63) is 94.8 Å². The molecule has 0 saturated carbocycles. The van der Waals surface area contributed by atoms with Crippen LogP contribution >= 0.6 is 11.6 Å². The van der Waals surface area contributed by atoms with Crippen LogP contribution in [0.1, 0.15) is 17.3 Å². The molecule has 27 heavy (non-hydrogen) atoms. The SMILES string of the molecule is CC(=O)c1cccc(N=c2cc(-c3ccc(Cl)cc3)oc3ccccc23)c1. The highest BCUT2D eigenvalue weighted by atomic mass is 35.5. The summed E-state index contributed by atoms with van der Waals surface area (Å²) in [7, 11) is 0. The molecule has 0 saturated heterocycles. The summed E-state index contributed by atoms with van der Waals surface area (Å²) < 4.78 is 6.07. The van der Waals surface area contributed by atoms with Crippen molar-refractivity contribution in [3.63, 3.8) is 0 Å². The number of carbonyl (C=O) groups excluding carboxylic acids is 1. The van der Waals surface area contributed by atoms with E-state index in [2.05, 4.69) is 0 Å². The maximum Gasteiger partial charge on any atom is 0.159 e. The lowest BCUT2D eigenvalue weighted by Crippen LogP contribution is -2.03. The fraction of sp³-hybridized carbons (Fsp3) is 0.0435. The predicted molar refractivity (Wildman–Crippen MR) is 108 cm³/mol. The summed E-state index contributed by atoms with van der Waals surface area (Å²) in [4.78, 5) is 16.4. The number of nitrogens with zero attached hydrogens (tertiary/aromatic N) is 1. The third-order valence-electron chi connectivity index (χ3n) is 4.28. The Hall–Kier alpha value is -3.17. The van der Waals surface area contributed by atoms with Crippen LogP contribution in [0.15, 0.2) is 88.3 Å². The van der Waals surface area contributed by atoms with Crippen LogP contribution in [0.4, 0.5) is 5.69 Å². The second-order valence-electron chi connectivity index (χ2n) is 6.22. The molecule has 0 fully saturated rings. The minimum atomic E-state index is 0.0156. The summed E-state index contributed by atoms with van der Waals surface area (Å²) in [6.07, 6.45) is 0. The second-order valence-corrected chi connectivity index (χ2v) is 6.65. The second kappa shape index (κ2) is 7.22. The van der Waals surface area contributed by atoms with E-state index in [0.29, 0.717) is 16.3 Å². The molecule has 0 amide bonds. The number of hydrogen-bond acceptors (Lipinski definition) is 3. The first-order valence-electron chi connectivity index (χ1n) is 8.55. The molecule has 4 aromatic rings. The Balaban J connectivity index is 1.95. The van der Waals surface area contributed by atoms with E-state index in [0.717, 1.165) is 27.6 Å². The van der Waals surface area contributed by atoms with Crippen molar-refractivity contribution in [1.82, 2.24) is 0 Å². The molecule has 0 aliphatic heterocycles. The Bertz CT molecular complexity index is 1210. The summed E-state index contributed by atoms with van der Waals surface area (Å²) in [5.41, 5.74) is 3.02. The lowest BCUT2D eigenvalue weighted by atomic mass is 10.1. The average Bonchev–Trinajstić information content (AvgIpc) is 2.68. The molecular formula is C23H16ClNO2. The number of fused-ring (bicyclic) bond motifs is 1. The topological polar surface area (TPSA) is 42.6 Å². The number of ketones is 1. The molecule has 0 aliphatic carbocycles. The van der Waals surface area contributed by atoms with Crippen LogP contribution in [0.2, 0.25) is 5.02 Å². The number of Topliss-reactive ketones (excluding diaryl/α,β-unsaturated/α-hetero) is 1. The van der Waals surface area contributed by atoms with Crippen LogP contribution in [0, 0.1) is 0 Å². The van der Waals surface area contributed by atoms with Crippen molar-refractivity contribution in [2.75, 3.05) is 0 Å². The molecule has 132 valence electrons. The minimum Gasteiger partial charge on any atom is -0.456 e. The van der Waals surface area contributed by atoms with Gasteiger partial charge in [-0.15, -0.1) is 0 Å². The Morgan fingerprint density at radius 1 is 0.926 bits per heavy atom. The monoisotopic (exact) mass is 373 g/mol. The van der Waals surface area contributed by atoms with Crippen LogP contribution < -0.4 is 5.36 Å². The maximum absolute atomic E-state index is 11.7. The minimum absolute atomic E-state index is 0.0156. The third-order valence-corrected chi connectivity index (χ3v) is 4.53. The Morgan fingerprint density at radius 3 is 2.48 bits per heavy atom. The van der Waals surface area contributed by atoms with Gasteiger partial charge in [0.2, 0.25) is 0 Å². The highest BCUT2D eigenvalue weighted by Gasteiger charge is 2.06. The van der Waals surface area contributed by atoms with E-state index in [-0.39, 0.29) is 5.78 Å². The van der Waals surface area contributed by atoms with Gasteiger partial charge in [-0.2, -0.15) is 0 Å². The highest BCUT2D eigenvalue weighted by molar-refractivity contribution is 6.30. The number of benzene rings is 3. The summed E-state index contributed by atoms with van der Waals surface area (Å²) in [6.45, 7) is 1.55. The summed E-state index contributed by atoms with van der Waals surface area (Å²) in [5.74, 6) is 0.716. The smallest absolute Gasteiger partial charge is 0.159 e. The molecule has 1 heterocycles. The Kier molecular flexibility index (Phi) is 4.61. The van der Waals surface area contributed by atoms with E-state index in [1.165, 1.54) is 0 Å². The average molecular weight is 374 g/mol. The molecule has 3 aromatic carbocycles. The largest absolute Gasteiger partial charge is 0.456 e. The molecule has 0 bridgehead atoms. The quantitative estimate of drug-likeness (QED) is 0.402. The van der Waals surface area contributed by atoms with Gasteiger partial charge in [-0.3, -0.25) is 4.79 Å². The fourth-order valence-corrected chi connectivity index (χ4v) is 3.03. The molecule has 0 aliphatic rings. The molecule has 0 radical (unpaired) electrons. The van der Waals surface area contributed by atoms with E-state index in [1.54, 1.807) is 19.1 Å². The first-order chi connectivity index (χ1) is 13.1. The van der Waals surface area contributed by atoms with Gasteiger partial charge in [0.05, 0.1) is 11.0 Å². The Labute approximate surface area is 161 Å². The number of rotatable bonds is 3. The standard InChI is InChI=1S/C23H16ClNO2/c1-15(26)17-5-4-6-19(13-17)25-21-14-23(16-9-11-18(24)12-10-16)27-22-8-3-2-7-20(21)22/h2-14H,1H3. The first kappa shape index (κ1) is 17.3. The number of para-hydroxylation sites is 1. The highest BCUT2D eigenvalue weighted by Crippen LogP contribution is 2.24. The van der Waals surface area contributed by atoms with E-state index >= 15 is 0 Å². The van der Waals surface area contributed by atoms with Crippen LogP contribution in [-0.4, -0.2) is 5.78 Å². The van der Waals surface area contributed by atoms with Gasteiger partial charge in [0, 0.05) is 27.6 Å². The first-order valence-corrected chi connectivity index (χ1v) is 8.92. The van der Waals surface area contributed by atoms with Crippen LogP contribution in [0.5, 0.6) is 0 Å². The van der Waals surface area contributed by atoms with Crippen molar-refractivity contribution in [2.45, 2.75) is 6.92 Å². The van der Waals surface area contributed by atoms with Gasteiger partial charge in [-0.25, -0.2) is 4.99 Å². The van der Waals surface area contributed by atoms with E-state index in [4.69, 9.17) is 21.0 Å². The molecule has 0 N–H and O–H groups in total. The van der Waals surface area contributed by atoms with Gasteiger partial charge in [0.15, 0.2) is 5.78 Å². The fourth-order valence-electron chi connectivity index (χ4n) is 2.90. The van der Waals surface area contributed by atoms with Gasteiger partial charge < -0.3 is 4.42 Å². The van der Waals surface area contributed by atoms with Crippen molar-refractivity contribution in [2.24, 2.45) is 4.99 Å². The van der Waals surface area contributed by atoms with Crippen LogP contribution in [-0.2, 0) is 0 Å². The van der Waals surface area contributed by atoms with E-state index < -0.39 is 0 Å². The maximum atomic E-state index is 11.7.